The highest BCUT2D eigenvalue weighted by atomic mass is 79.9. The van der Waals surface area contributed by atoms with Crippen LogP contribution in [-0.2, 0) is 14.8 Å². The topological polar surface area (TPSA) is 108 Å². The maximum absolute atomic E-state index is 12.5. The molecular weight excluding hydrogens is 490 g/mol. The van der Waals surface area contributed by atoms with Crippen LogP contribution in [0.2, 0.25) is 0 Å². The molecule has 2 aromatic carbocycles. The van der Waals surface area contributed by atoms with Crippen molar-refractivity contribution in [2.24, 2.45) is 0 Å². The van der Waals surface area contributed by atoms with Crippen LogP contribution < -0.4 is 5.32 Å². The number of rotatable bonds is 9. The summed E-state index contributed by atoms with van der Waals surface area (Å²) in [5, 5.41) is 10.3. The van der Waals surface area contributed by atoms with E-state index in [0.717, 1.165) is 14.3 Å². The molecule has 0 aliphatic heterocycles. The van der Waals surface area contributed by atoms with Gasteiger partial charge in [0.1, 0.15) is 0 Å². The van der Waals surface area contributed by atoms with E-state index in [9.17, 15) is 13.2 Å². The van der Waals surface area contributed by atoms with Gasteiger partial charge >= 0.3 is 0 Å². The summed E-state index contributed by atoms with van der Waals surface area (Å²) < 4.78 is 26.8. The van der Waals surface area contributed by atoms with Crippen LogP contribution >= 0.6 is 27.7 Å². The molecule has 0 aliphatic rings. The molecule has 3 aromatic rings. The number of hydrogen-bond acceptors (Lipinski definition) is 6. The summed E-state index contributed by atoms with van der Waals surface area (Å²) in [6, 6.07) is 15.9. The number of nitrogens with zero attached hydrogens (tertiary/aromatic N) is 3. The van der Waals surface area contributed by atoms with Crippen molar-refractivity contribution >= 4 is 43.6 Å². The van der Waals surface area contributed by atoms with Gasteiger partial charge in [-0.3, -0.25) is 9.89 Å². The Morgan fingerprint density at radius 3 is 2.57 bits per heavy atom. The van der Waals surface area contributed by atoms with Gasteiger partial charge in [-0.15, -0.1) is 5.10 Å². The number of nitrogens with one attached hydrogen (secondary N) is 2. The smallest absolute Gasteiger partial charge is 0.243 e. The normalized spacial score (nSPS) is 11.6. The predicted molar refractivity (Wildman–Crippen MR) is 120 cm³/mol. The molecule has 1 amide bonds. The fourth-order valence-corrected chi connectivity index (χ4v) is 4.54. The van der Waals surface area contributed by atoms with Crippen molar-refractivity contribution in [1.29, 1.82) is 0 Å². The summed E-state index contributed by atoms with van der Waals surface area (Å²) in [6.07, 6.45) is 0. The van der Waals surface area contributed by atoms with E-state index in [-0.39, 0.29) is 17.3 Å². The number of H-pyrrole nitrogens is 1. The SMILES string of the molecule is CN(CC(=O)NCCSc1n[nH]c(-c2ccccc2)n1)S(=O)(=O)c1ccc(Br)cc1. The number of benzene rings is 2. The van der Waals surface area contributed by atoms with E-state index in [1.54, 1.807) is 12.1 Å². The van der Waals surface area contributed by atoms with Crippen molar-refractivity contribution in [1.82, 2.24) is 24.8 Å². The minimum Gasteiger partial charge on any atom is -0.354 e. The van der Waals surface area contributed by atoms with Crippen LogP contribution in [0.4, 0.5) is 0 Å². The average Bonchev–Trinajstić information content (AvgIpc) is 3.21. The van der Waals surface area contributed by atoms with E-state index in [2.05, 4.69) is 36.4 Å². The zero-order valence-electron chi connectivity index (χ0n) is 16.1. The number of hydrogen-bond donors (Lipinski definition) is 2. The van der Waals surface area contributed by atoms with Crippen LogP contribution in [0.5, 0.6) is 0 Å². The molecule has 0 saturated carbocycles. The lowest BCUT2D eigenvalue weighted by Gasteiger charge is -2.16. The van der Waals surface area contributed by atoms with Gasteiger partial charge in [-0.25, -0.2) is 13.4 Å². The molecule has 0 bridgehead atoms. The van der Waals surface area contributed by atoms with Crippen molar-refractivity contribution < 1.29 is 13.2 Å². The van der Waals surface area contributed by atoms with Gasteiger partial charge in [0.25, 0.3) is 0 Å². The number of carbonyl (C=O) groups excluding carboxylic acids is 1. The summed E-state index contributed by atoms with van der Waals surface area (Å²) in [5.74, 6) is 0.863. The predicted octanol–water partition coefficient (Wildman–Crippen LogP) is 2.76. The lowest BCUT2D eigenvalue weighted by Crippen LogP contribution is -2.39. The first kappa shape index (κ1) is 22.5. The number of sulfonamides is 1. The van der Waals surface area contributed by atoms with Crippen LogP contribution in [0.1, 0.15) is 0 Å². The van der Waals surface area contributed by atoms with E-state index in [1.165, 1.54) is 30.9 Å². The van der Waals surface area contributed by atoms with E-state index in [4.69, 9.17) is 0 Å². The van der Waals surface area contributed by atoms with Gasteiger partial charge in [-0.05, 0) is 24.3 Å². The Balaban J connectivity index is 1.44. The molecule has 3 rings (SSSR count). The Bertz CT molecular complexity index is 1090. The first-order valence-electron chi connectivity index (χ1n) is 8.95. The molecule has 11 heteroatoms. The zero-order valence-corrected chi connectivity index (χ0v) is 19.3. The fraction of sp³-hybridized carbons (Fsp3) is 0.211. The third-order valence-corrected chi connectivity index (χ3v) is 7.25. The Hall–Kier alpha value is -2.21. The number of aromatic nitrogens is 3. The number of likely N-dealkylation sites (N-methyl/N-ethyl adjacent to an activating group) is 1. The zero-order chi connectivity index (χ0) is 21.6. The van der Waals surface area contributed by atoms with Crippen LogP contribution in [0.3, 0.4) is 0 Å². The van der Waals surface area contributed by atoms with E-state index >= 15 is 0 Å². The molecule has 158 valence electrons. The van der Waals surface area contributed by atoms with Crippen molar-refractivity contribution in [3.63, 3.8) is 0 Å². The van der Waals surface area contributed by atoms with Gasteiger partial charge in [0.2, 0.25) is 21.1 Å². The van der Waals surface area contributed by atoms with Gasteiger partial charge in [-0.2, -0.15) is 4.31 Å². The molecule has 0 radical (unpaired) electrons. The second kappa shape index (κ2) is 10.2. The van der Waals surface area contributed by atoms with Crippen LogP contribution in [-0.4, -0.2) is 59.7 Å². The molecule has 0 aliphatic carbocycles. The number of carbonyl (C=O) groups is 1. The van der Waals surface area contributed by atoms with Crippen LogP contribution in [0.25, 0.3) is 11.4 Å². The minimum atomic E-state index is -3.73. The molecule has 2 N–H and O–H groups in total. The van der Waals surface area contributed by atoms with Crippen molar-refractivity contribution in [3.05, 3.63) is 59.1 Å². The summed E-state index contributed by atoms with van der Waals surface area (Å²) in [6.45, 7) is 0.104. The summed E-state index contributed by atoms with van der Waals surface area (Å²) in [4.78, 5) is 16.7. The highest BCUT2D eigenvalue weighted by Gasteiger charge is 2.22. The van der Waals surface area contributed by atoms with E-state index < -0.39 is 10.0 Å². The lowest BCUT2D eigenvalue weighted by atomic mass is 10.2. The van der Waals surface area contributed by atoms with Gasteiger partial charge in [0.05, 0.1) is 11.4 Å². The van der Waals surface area contributed by atoms with Gasteiger partial charge in [0.15, 0.2) is 5.82 Å². The third-order valence-electron chi connectivity index (χ3n) is 4.06. The molecule has 8 nitrogen and oxygen atoms in total. The van der Waals surface area contributed by atoms with Crippen molar-refractivity contribution in [3.8, 4) is 11.4 Å². The van der Waals surface area contributed by atoms with Gasteiger partial charge in [-0.1, -0.05) is 58.0 Å². The quantitative estimate of drug-likeness (QED) is 0.339. The summed E-state index contributed by atoms with van der Waals surface area (Å²) in [7, 11) is -2.35. The summed E-state index contributed by atoms with van der Waals surface area (Å²) >= 11 is 4.67. The molecule has 0 atom stereocenters. The molecular formula is C19H20BrN5O3S2. The largest absolute Gasteiger partial charge is 0.354 e. The third kappa shape index (κ3) is 5.91. The number of amides is 1. The maximum Gasteiger partial charge on any atom is 0.243 e. The average molecular weight is 510 g/mol. The molecule has 1 heterocycles. The van der Waals surface area contributed by atoms with E-state index in [0.29, 0.717) is 23.3 Å². The Labute approximate surface area is 187 Å². The van der Waals surface area contributed by atoms with Gasteiger partial charge < -0.3 is 5.32 Å². The van der Waals surface area contributed by atoms with Crippen molar-refractivity contribution in [2.75, 3.05) is 25.9 Å². The Morgan fingerprint density at radius 2 is 1.87 bits per heavy atom. The van der Waals surface area contributed by atoms with Crippen LogP contribution in [0, 0.1) is 0 Å². The molecule has 0 fully saturated rings. The molecule has 0 unspecified atom stereocenters. The second-order valence-electron chi connectivity index (χ2n) is 6.25. The first-order chi connectivity index (χ1) is 14.4. The molecule has 0 spiro atoms. The highest BCUT2D eigenvalue weighted by molar-refractivity contribution is 9.10. The highest BCUT2D eigenvalue weighted by Crippen LogP contribution is 2.19. The van der Waals surface area contributed by atoms with Gasteiger partial charge in [0, 0.05) is 29.4 Å². The minimum absolute atomic E-state index is 0.135. The second-order valence-corrected chi connectivity index (χ2v) is 10.3. The number of aromatic amines is 1. The Morgan fingerprint density at radius 1 is 1.17 bits per heavy atom. The standard InChI is InChI=1S/C19H20BrN5O3S2/c1-25(30(27,28)16-9-7-15(20)8-10-16)13-17(26)21-11-12-29-19-22-18(23-24-19)14-5-3-2-4-6-14/h2-10H,11-13H2,1H3,(H,21,26)(H,22,23,24). The fourth-order valence-electron chi connectivity index (χ4n) is 2.50. The van der Waals surface area contributed by atoms with Crippen molar-refractivity contribution in [2.45, 2.75) is 10.1 Å². The van der Waals surface area contributed by atoms with E-state index in [1.807, 2.05) is 30.3 Å². The first-order valence-corrected chi connectivity index (χ1v) is 12.2. The summed E-state index contributed by atoms with van der Waals surface area (Å²) in [5.41, 5.74) is 0.945. The lowest BCUT2D eigenvalue weighted by molar-refractivity contribution is -0.121. The monoisotopic (exact) mass is 509 g/mol. The Kier molecular flexibility index (Phi) is 7.64. The van der Waals surface area contributed by atoms with Crippen LogP contribution in [0.15, 0.2) is 69.1 Å². The molecule has 30 heavy (non-hydrogen) atoms. The molecule has 0 saturated heterocycles. The maximum atomic E-state index is 12.5. The number of thioether (sulfide) groups is 1. The number of halogens is 1. The molecule has 1 aromatic heterocycles.